The molecule has 0 saturated carbocycles. The minimum absolute atomic E-state index is 0.0376. The molecule has 1 aromatic heterocycles. The number of likely N-dealkylation sites (tertiary alicyclic amines) is 1. The Balaban J connectivity index is 1.95. The van der Waals surface area contributed by atoms with Crippen LogP contribution in [0, 0.1) is 13.8 Å². The van der Waals surface area contributed by atoms with E-state index in [1.807, 2.05) is 25.7 Å². The Morgan fingerprint density at radius 3 is 2.45 bits per heavy atom. The van der Waals surface area contributed by atoms with Gasteiger partial charge in [-0.25, -0.2) is 4.98 Å². The SMILES string of the molecule is CC(=NOC(C)C(=O)N1CCCCCC1)c1sc(C)nc1C. The third-order valence-electron chi connectivity index (χ3n) is 3.85. The molecule has 1 aliphatic rings. The standard InChI is InChI=1S/C16H25N3O2S/c1-11-15(22-14(4)17-11)12(2)18-21-13(3)16(20)19-9-7-5-6-8-10-19/h13H,5-10H2,1-4H3. The Bertz CT molecular complexity index is 546. The van der Waals surface area contributed by atoms with Crippen LogP contribution in [0.1, 0.15) is 55.1 Å². The summed E-state index contributed by atoms with van der Waals surface area (Å²) in [5.74, 6) is 0.0376. The molecule has 1 saturated heterocycles. The van der Waals surface area contributed by atoms with Gasteiger partial charge in [-0.15, -0.1) is 11.3 Å². The summed E-state index contributed by atoms with van der Waals surface area (Å²) in [5.41, 5.74) is 1.73. The van der Waals surface area contributed by atoms with E-state index in [-0.39, 0.29) is 5.91 Å². The Morgan fingerprint density at radius 1 is 1.27 bits per heavy atom. The zero-order valence-electron chi connectivity index (χ0n) is 13.9. The van der Waals surface area contributed by atoms with Gasteiger partial charge in [0.1, 0.15) is 0 Å². The number of hydrogen-bond acceptors (Lipinski definition) is 5. The first-order chi connectivity index (χ1) is 10.5. The molecule has 122 valence electrons. The fourth-order valence-electron chi connectivity index (χ4n) is 2.66. The van der Waals surface area contributed by atoms with E-state index in [4.69, 9.17) is 4.84 Å². The molecule has 1 aromatic rings. The number of thiazole rings is 1. The number of aromatic nitrogens is 1. The van der Waals surface area contributed by atoms with Crippen molar-refractivity contribution in [1.29, 1.82) is 0 Å². The van der Waals surface area contributed by atoms with Crippen LogP contribution in [0.5, 0.6) is 0 Å². The number of carbonyl (C=O) groups excluding carboxylic acids is 1. The van der Waals surface area contributed by atoms with Crippen molar-refractivity contribution in [1.82, 2.24) is 9.88 Å². The van der Waals surface area contributed by atoms with Crippen molar-refractivity contribution < 1.29 is 9.63 Å². The fourth-order valence-corrected chi connectivity index (χ4v) is 3.52. The molecule has 1 aliphatic heterocycles. The van der Waals surface area contributed by atoms with E-state index < -0.39 is 6.10 Å². The van der Waals surface area contributed by atoms with Gasteiger partial charge < -0.3 is 9.74 Å². The van der Waals surface area contributed by atoms with Gasteiger partial charge in [0.05, 0.1) is 21.3 Å². The zero-order valence-corrected chi connectivity index (χ0v) is 14.7. The van der Waals surface area contributed by atoms with Crippen LogP contribution in [-0.2, 0) is 9.63 Å². The molecule has 5 nitrogen and oxygen atoms in total. The van der Waals surface area contributed by atoms with Crippen molar-refractivity contribution in [3.8, 4) is 0 Å². The smallest absolute Gasteiger partial charge is 0.266 e. The van der Waals surface area contributed by atoms with Crippen molar-refractivity contribution in [2.24, 2.45) is 5.16 Å². The van der Waals surface area contributed by atoms with Crippen molar-refractivity contribution in [2.45, 2.75) is 59.5 Å². The van der Waals surface area contributed by atoms with Crippen LogP contribution >= 0.6 is 11.3 Å². The molecule has 2 rings (SSSR count). The lowest BCUT2D eigenvalue weighted by molar-refractivity contribution is -0.142. The first-order valence-corrected chi connectivity index (χ1v) is 8.74. The maximum absolute atomic E-state index is 12.4. The van der Waals surface area contributed by atoms with Gasteiger partial charge in [0.25, 0.3) is 5.91 Å². The van der Waals surface area contributed by atoms with Gasteiger partial charge in [-0.05, 0) is 40.5 Å². The predicted molar refractivity (Wildman–Crippen MR) is 89.4 cm³/mol. The maximum Gasteiger partial charge on any atom is 0.266 e. The number of rotatable bonds is 4. The largest absolute Gasteiger partial charge is 0.382 e. The van der Waals surface area contributed by atoms with Gasteiger partial charge in [-0.3, -0.25) is 4.79 Å². The second-order valence-electron chi connectivity index (χ2n) is 5.81. The monoisotopic (exact) mass is 323 g/mol. The topological polar surface area (TPSA) is 54.8 Å². The van der Waals surface area contributed by atoms with E-state index in [2.05, 4.69) is 10.1 Å². The highest BCUT2D eigenvalue weighted by Crippen LogP contribution is 2.18. The molecule has 2 heterocycles. The zero-order chi connectivity index (χ0) is 16.1. The number of hydrogen-bond donors (Lipinski definition) is 0. The lowest BCUT2D eigenvalue weighted by Crippen LogP contribution is -2.39. The molecule has 0 spiro atoms. The molecule has 1 amide bonds. The third-order valence-corrected chi connectivity index (χ3v) is 5.03. The van der Waals surface area contributed by atoms with Crippen LogP contribution < -0.4 is 0 Å². The quantitative estimate of drug-likeness (QED) is 0.631. The summed E-state index contributed by atoms with van der Waals surface area (Å²) in [6.45, 7) is 9.27. The Hall–Kier alpha value is -1.43. The summed E-state index contributed by atoms with van der Waals surface area (Å²) in [6, 6.07) is 0. The average molecular weight is 323 g/mol. The summed E-state index contributed by atoms with van der Waals surface area (Å²) in [4.78, 5) is 25.2. The van der Waals surface area contributed by atoms with Gasteiger partial charge in [0.15, 0.2) is 0 Å². The second kappa shape index (κ2) is 7.72. The van der Waals surface area contributed by atoms with Crippen LogP contribution in [0.15, 0.2) is 5.16 Å². The van der Waals surface area contributed by atoms with Gasteiger partial charge in [-0.1, -0.05) is 18.0 Å². The Kier molecular flexibility index (Phi) is 5.94. The van der Waals surface area contributed by atoms with Gasteiger partial charge in [-0.2, -0.15) is 0 Å². The van der Waals surface area contributed by atoms with Crippen LogP contribution in [-0.4, -0.2) is 40.7 Å². The summed E-state index contributed by atoms with van der Waals surface area (Å²) >= 11 is 1.60. The van der Waals surface area contributed by atoms with Crippen LogP contribution in [0.25, 0.3) is 0 Å². The van der Waals surface area contributed by atoms with E-state index in [1.54, 1.807) is 18.3 Å². The highest BCUT2D eigenvalue weighted by Gasteiger charge is 2.23. The highest BCUT2D eigenvalue weighted by atomic mass is 32.1. The predicted octanol–water partition coefficient (Wildman–Crippen LogP) is 3.29. The molecule has 1 fully saturated rings. The van der Waals surface area contributed by atoms with E-state index >= 15 is 0 Å². The lowest BCUT2D eigenvalue weighted by Gasteiger charge is -2.22. The number of amides is 1. The molecule has 0 aliphatic carbocycles. The second-order valence-corrected chi connectivity index (χ2v) is 7.01. The summed E-state index contributed by atoms with van der Waals surface area (Å²) in [6.07, 6.45) is 4.04. The first-order valence-electron chi connectivity index (χ1n) is 7.92. The van der Waals surface area contributed by atoms with E-state index in [9.17, 15) is 4.79 Å². The molecule has 22 heavy (non-hydrogen) atoms. The van der Waals surface area contributed by atoms with E-state index in [0.717, 1.165) is 47.2 Å². The third kappa shape index (κ3) is 4.29. The number of aryl methyl sites for hydroxylation is 2. The summed E-state index contributed by atoms with van der Waals surface area (Å²) < 4.78 is 0. The summed E-state index contributed by atoms with van der Waals surface area (Å²) in [5, 5.41) is 5.16. The van der Waals surface area contributed by atoms with Crippen LogP contribution in [0.4, 0.5) is 0 Å². The normalized spacial score (nSPS) is 18.0. The Morgan fingerprint density at radius 2 is 1.91 bits per heavy atom. The first kappa shape index (κ1) is 16.9. The molecule has 0 N–H and O–H groups in total. The lowest BCUT2D eigenvalue weighted by atomic mass is 10.2. The number of nitrogens with zero attached hydrogens (tertiary/aromatic N) is 3. The van der Waals surface area contributed by atoms with Gasteiger partial charge in [0.2, 0.25) is 6.10 Å². The summed E-state index contributed by atoms with van der Waals surface area (Å²) in [7, 11) is 0. The van der Waals surface area contributed by atoms with Crippen molar-refractivity contribution in [3.05, 3.63) is 15.6 Å². The van der Waals surface area contributed by atoms with Gasteiger partial charge >= 0.3 is 0 Å². The molecular formula is C16H25N3O2S. The number of oxime groups is 1. The van der Waals surface area contributed by atoms with Crippen molar-refractivity contribution >= 4 is 23.0 Å². The van der Waals surface area contributed by atoms with Crippen LogP contribution in [0.2, 0.25) is 0 Å². The number of carbonyl (C=O) groups is 1. The fraction of sp³-hybridized carbons (Fsp3) is 0.688. The average Bonchev–Trinajstić information content (AvgIpc) is 2.71. The molecular weight excluding hydrogens is 298 g/mol. The van der Waals surface area contributed by atoms with Crippen molar-refractivity contribution in [2.75, 3.05) is 13.1 Å². The minimum atomic E-state index is -0.539. The molecule has 0 aromatic carbocycles. The molecule has 6 heteroatoms. The van der Waals surface area contributed by atoms with E-state index in [1.165, 1.54) is 12.8 Å². The maximum atomic E-state index is 12.4. The minimum Gasteiger partial charge on any atom is -0.382 e. The molecule has 1 unspecified atom stereocenters. The molecule has 1 atom stereocenters. The van der Waals surface area contributed by atoms with E-state index in [0.29, 0.717) is 0 Å². The highest BCUT2D eigenvalue weighted by molar-refractivity contribution is 7.13. The van der Waals surface area contributed by atoms with Gasteiger partial charge in [0, 0.05) is 13.1 Å². The van der Waals surface area contributed by atoms with Crippen LogP contribution in [0.3, 0.4) is 0 Å². The van der Waals surface area contributed by atoms with Crippen molar-refractivity contribution in [3.63, 3.8) is 0 Å². The Labute approximate surface area is 136 Å². The molecule has 0 radical (unpaired) electrons. The molecule has 0 bridgehead atoms.